The number of sulfone groups is 1. The van der Waals surface area contributed by atoms with Crippen LogP contribution in [0, 0.1) is 13.8 Å². The van der Waals surface area contributed by atoms with Crippen LogP contribution in [0.25, 0.3) is 0 Å². The van der Waals surface area contributed by atoms with E-state index >= 15 is 0 Å². The van der Waals surface area contributed by atoms with Gasteiger partial charge in [-0.25, -0.2) is 8.42 Å². The topological polar surface area (TPSA) is 51.2 Å². The van der Waals surface area contributed by atoms with E-state index in [4.69, 9.17) is 0 Å². The zero-order chi connectivity index (χ0) is 12.3. The van der Waals surface area contributed by atoms with Crippen molar-refractivity contribution in [2.45, 2.75) is 20.3 Å². The molecular formula is C12H16O3S. The Kier molecular flexibility index (Phi) is 3.86. The van der Waals surface area contributed by atoms with Gasteiger partial charge in [0.1, 0.15) is 5.75 Å². The quantitative estimate of drug-likeness (QED) is 0.800. The van der Waals surface area contributed by atoms with E-state index in [1.807, 2.05) is 32.0 Å². The maximum Gasteiger partial charge on any atom is 0.154 e. The van der Waals surface area contributed by atoms with Crippen molar-refractivity contribution in [3.63, 3.8) is 0 Å². The second-order valence-electron chi connectivity index (χ2n) is 4.16. The van der Waals surface area contributed by atoms with Crippen LogP contribution in [-0.2, 0) is 21.1 Å². The van der Waals surface area contributed by atoms with Crippen molar-refractivity contribution in [3.05, 3.63) is 34.9 Å². The first-order valence-electron chi connectivity index (χ1n) is 5.04. The summed E-state index contributed by atoms with van der Waals surface area (Å²) in [5.41, 5.74) is 3.00. The first-order chi connectivity index (χ1) is 7.29. The largest absolute Gasteiger partial charge is 0.298 e. The summed E-state index contributed by atoms with van der Waals surface area (Å²) < 4.78 is 22.0. The van der Waals surface area contributed by atoms with Crippen LogP contribution in [0.1, 0.15) is 16.7 Å². The first kappa shape index (κ1) is 12.9. The van der Waals surface area contributed by atoms with E-state index in [-0.39, 0.29) is 18.0 Å². The van der Waals surface area contributed by atoms with Gasteiger partial charge in [0.2, 0.25) is 0 Å². The summed E-state index contributed by atoms with van der Waals surface area (Å²) in [6.07, 6.45) is 1.28. The Morgan fingerprint density at radius 1 is 1.19 bits per heavy atom. The average molecular weight is 240 g/mol. The van der Waals surface area contributed by atoms with Crippen molar-refractivity contribution < 1.29 is 13.2 Å². The number of benzene rings is 1. The minimum Gasteiger partial charge on any atom is -0.298 e. The molecule has 1 rings (SSSR count). The molecule has 0 heterocycles. The first-order valence-corrected chi connectivity index (χ1v) is 7.10. The lowest BCUT2D eigenvalue weighted by molar-refractivity contribution is -0.116. The normalized spacial score (nSPS) is 11.4. The van der Waals surface area contributed by atoms with Gasteiger partial charge in [0.15, 0.2) is 15.6 Å². The molecule has 0 unspecified atom stereocenters. The summed E-state index contributed by atoms with van der Waals surface area (Å²) >= 11 is 0. The van der Waals surface area contributed by atoms with Gasteiger partial charge in [0.25, 0.3) is 0 Å². The van der Waals surface area contributed by atoms with Gasteiger partial charge in [-0.2, -0.15) is 0 Å². The SMILES string of the molecule is Cc1cccc(C)c1CC(=O)CS(C)(=O)=O. The maximum absolute atomic E-state index is 11.6. The van der Waals surface area contributed by atoms with E-state index in [2.05, 4.69) is 0 Å². The molecule has 0 bridgehead atoms. The van der Waals surface area contributed by atoms with Crippen molar-refractivity contribution in [3.8, 4) is 0 Å². The van der Waals surface area contributed by atoms with Gasteiger partial charge in [0, 0.05) is 12.7 Å². The van der Waals surface area contributed by atoms with Crippen molar-refractivity contribution in [1.82, 2.24) is 0 Å². The number of rotatable bonds is 4. The second-order valence-corrected chi connectivity index (χ2v) is 6.30. The van der Waals surface area contributed by atoms with E-state index < -0.39 is 9.84 Å². The standard InChI is InChI=1S/C12H16O3S/c1-9-5-4-6-10(2)12(9)7-11(13)8-16(3,14)15/h4-6H,7-8H2,1-3H3. The predicted octanol–water partition coefficient (Wildman–Crippen LogP) is 1.46. The number of carbonyl (C=O) groups is 1. The molecule has 0 spiro atoms. The van der Waals surface area contributed by atoms with Gasteiger partial charge >= 0.3 is 0 Å². The summed E-state index contributed by atoms with van der Waals surface area (Å²) in [4.78, 5) is 11.6. The molecule has 3 nitrogen and oxygen atoms in total. The predicted molar refractivity (Wildman–Crippen MR) is 64.3 cm³/mol. The number of hydrogen-bond donors (Lipinski definition) is 0. The highest BCUT2D eigenvalue weighted by Gasteiger charge is 2.13. The molecule has 0 amide bonds. The summed E-state index contributed by atoms with van der Waals surface area (Å²) in [5, 5.41) is 0. The Morgan fingerprint density at radius 2 is 1.69 bits per heavy atom. The lowest BCUT2D eigenvalue weighted by Crippen LogP contribution is -2.17. The fourth-order valence-electron chi connectivity index (χ4n) is 1.67. The van der Waals surface area contributed by atoms with E-state index in [0.29, 0.717) is 0 Å². The van der Waals surface area contributed by atoms with Gasteiger partial charge in [-0.1, -0.05) is 18.2 Å². The lowest BCUT2D eigenvalue weighted by Gasteiger charge is -2.08. The fraction of sp³-hybridized carbons (Fsp3) is 0.417. The van der Waals surface area contributed by atoms with Gasteiger partial charge in [-0.05, 0) is 30.5 Å². The number of aryl methyl sites for hydroxylation is 2. The van der Waals surface area contributed by atoms with Gasteiger partial charge < -0.3 is 0 Å². The molecule has 0 aromatic heterocycles. The van der Waals surface area contributed by atoms with Gasteiger partial charge in [-0.15, -0.1) is 0 Å². The minimum absolute atomic E-state index is 0.200. The highest BCUT2D eigenvalue weighted by atomic mass is 32.2. The van der Waals surface area contributed by atoms with Crippen LogP contribution in [0.3, 0.4) is 0 Å². The van der Waals surface area contributed by atoms with Crippen LogP contribution in [0.4, 0.5) is 0 Å². The van der Waals surface area contributed by atoms with E-state index in [9.17, 15) is 13.2 Å². The monoisotopic (exact) mass is 240 g/mol. The van der Waals surface area contributed by atoms with E-state index in [1.54, 1.807) is 0 Å². The van der Waals surface area contributed by atoms with Crippen molar-refractivity contribution in [1.29, 1.82) is 0 Å². The second kappa shape index (κ2) is 4.78. The van der Waals surface area contributed by atoms with Gasteiger partial charge in [-0.3, -0.25) is 4.79 Å². The third kappa shape index (κ3) is 3.77. The van der Waals surface area contributed by atoms with Crippen LogP contribution in [0.15, 0.2) is 18.2 Å². The van der Waals surface area contributed by atoms with Gasteiger partial charge in [0.05, 0.1) is 0 Å². The molecule has 0 aliphatic carbocycles. The molecule has 0 saturated carbocycles. The number of Topliss-reactive ketones (excluding diaryl/α,β-unsaturated/α-hetero) is 1. The summed E-state index contributed by atoms with van der Waals surface area (Å²) in [6.45, 7) is 3.85. The molecule has 4 heteroatoms. The summed E-state index contributed by atoms with van der Waals surface area (Å²) in [6, 6.07) is 5.78. The molecule has 88 valence electrons. The molecule has 0 aliphatic rings. The van der Waals surface area contributed by atoms with Crippen LogP contribution in [0.2, 0.25) is 0 Å². The summed E-state index contributed by atoms with van der Waals surface area (Å²) in [7, 11) is -3.22. The Bertz CT molecular complexity index is 481. The third-order valence-electron chi connectivity index (χ3n) is 2.44. The highest BCUT2D eigenvalue weighted by molar-refractivity contribution is 7.91. The van der Waals surface area contributed by atoms with Crippen molar-refractivity contribution in [2.24, 2.45) is 0 Å². The van der Waals surface area contributed by atoms with Crippen LogP contribution in [0.5, 0.6) is 0 Å². The Hall–Kier alpha value is -1.16. The molecule has 1 aromatic carbocycles. The van der Waals surface area contributed by atoms with Crippen LogP contribution < -0.4 is 0 Å². The zero-order valence-electron chi connectivity index (χ0n) is 9.78. The minimum atomic E-state index is -3.22. The summed E-state index contributed by atoms with van der Waals surface area (Å²) in [5.74, 6) is -0.624. The van der Waals surface area contributed by atoms with Crippen molar-refractivity contribution in [2.75, 3.05) is 12.0 Å². The Labute approximate surface area is 96.4 Å². The average Bonchev–Trinajstić information content (AvgIpc) is 2.08. The maximum atomic E-state index is 11.6. The van der Waals surface area contributed by atoms with E-state index in [1.165, 1.54) is 0 Å². The molecule has 0 fully saturated rings. The molecule has 0 radical (unpaired) electrons. The molecular weight excluding hydrogens is 224 g/mol. The molecule has 16 heavy (non-hydrogen) atoms. The highest BCUT2D eigenvalue weighted by Crippen LogP contribution is 2.14. The Balaban J connectivity index is 2.86. The van der Waals surface area contributed by atoms with Crippen LogP contribution >= 0.6 is 0 Å². The fourth-order valence-corrected chi connectivity index (χ4v) is 2.36. The molecule has 0 N–H and O–H groups in total. The third-order valence-corrected chi connectivity index (χ3v) is 3.29. The lowest BCUT2D eigenvalue weighted by atomic mass is 9.99. The van der Waals surface area contributed by atoms with Crippen molar-refractivity contribution >= 4 is 15.6 Å². The molecule has 0 atom stereocenters. The smallest absolute Gasteiger partial charge is 0.154 e. The zero-order valence-corrected chi connectivity index (χ0v) is 10.6. The number of carbonyl (C=O) groups excluding carboxylic acids is 1. The van der Waals surface area contributed by atoms with E-state index in [0.717, 1.165) is 22.9 Å². The van der Waals surface area contributed by atoms with Crippen LogP contribution in [-0.4, -0.2) is 26.2 Å². The Morgan fingerprint density at radius 3 is 2.12 bits per heavy atom. The number of ketones is 1. The molecule has 0 saturated heterocycles. The molecule has 1 aromatic rings. The molecule has 0 aliphatic heterocycles. The number of hydrogen-bond acceptors (Lipinski definition) is 3.